The van der Waals surface area contributed by atoms with Gasteiger partial charge in [-0.25, -0.2) is 9.69 Å². The average Bonchev–Trinajstić information content (AvgIpc) is 2.57. The molecule has 0 saturated carbocycles. The lowest BCUT2D eigenvalue weighted by molar-refractivity contribution is 0.0984. The molecule has 2 aromatic rings. The summed E-state index contributed by atoms with van der Waals surface area (Å²) in [7, 11) is 0. The van der Waals surface area contributed by atoms with E-state index < -0.39 is 11.7 Å². The lowest BCUT2D eigenvalue weighted by atomic mass is 10.1. The van der Waals surface area contributed by atoms with E-state index >= 15 is 0 Å². The second-order valence-corrected chi connectivity index (χ2v) is 4.97. The van der Waals surface area contributed by atoms with E-state index in [0.717, 1.165) is 11.4 Å². The van der Waals surface area contributed by atoms with Crippen molar-refractivity contribution in [3.8, 4) is 0 Å². The first-order valence-corrected chi connectivity index (χ1v) is 7.00. The number of para-hydroxylation sites is 2. The highest BCUT2D eigenvalue weighted by atomic mass is 16.6. The zero-order valence-electron chi connectivity index (χ0n) is 12.6. The van der Waals surface area contributed by atoms with Crippen molar-refractivity contribution in [2.45, 2.75) is 12.5 Å². The quantitative estimate of drug-likeness (QED) is 0.718. The molecule has 0 atom stereocenters. The number of nitrogens with zero attached hydrogens (tertiary/aromatic N) is 1. The highest BCUT2D eigenvalue weighted by Crippen LogP contribution is 2.27. The summed E-state index contributed by atoms with van der Waals surface area (Å²) in [5, 5.41) is 0. The molecule has 2 rings (SSSR count). The summed E-state index contributed by atoms with van der Waals surface area (Å²) < 4.78 is 5.56. The standard InChI is InChI=1S/C19H19NO2/c1-4-19(3,5-2)22-18(21)20(16-12-8-6-9-13-16)17-14-10-7-11-15-17/h4-15H,1-2H2,3H3. The Morgan fingerprint density at radius 2 is 1.36 bits per heavy atom. The fourth-order valence-electron chi connectivity index (χ4n) is 1.91. The second-order valence-electron chi connectivity index (χ2n) is 4.97. The van der Waals surface area contributed by atoms with Gasteiger partial charge >= 0.3 is 6.09 Å². The Bertz CT molecular complexity index is 602. The summed E-state index contributed by atoms with van der Waals surface area (Å²) in [6.45, 7) is 9.12. The lowest BCUT2D eigenvalue weighted by Gasteiger charge is -2.28. The summed E-state index contributed by atoms with van der Waals surface area (Å²) >= 11 is 0. The molecule has 0 unspecified atom stereocenters. The van der Waals surface area contributed by atoms with Crippen LogP contribution in [0.4, 0.5) is 16.2 Å². The molecule has 0 aliphatic heterocycles. The Kier molecular flexibility index (Phi) is 4.79. The third kappa shape index (κ3) is 3.44. The maximum atomic E-state index is 12.7. The molecule has 0 radical (unpaired) electrons. The van der Waals surface area contributed by atoms with Gasteiger partial charge in [0.15, 0.2) is 0 Å². The molecular weight excluding hydrogens is 274 g/mol. The number of anilines is 2. The summed E-state index contributed by atoms with van der Waals surface area (Å²) in [5.74, 6) is 0. The van der Waals surface area contributed by atoms with Crippen LogP contribution in [-0.4, -0.2) is 11.7 Å². The molecule has 112 valence electrons. The zero-order chi connectivity index (χ0) is 16.0. The number of carbonyl (C=O) groups excluding carboxylic acids is 1. The Morgan fingerprint density at radius 3 is 1.73 bits per heavy atom. The van der Waals surface area contributed by atoms with Crippen LogP contribution >= 0.6 is 0 Å². The van der Waals surface area contributed by atoms with E-state index in [1.165, 1.54) is 4.90 Å². The first-order chi connectivity index (χ1) is 10.6. The van der Waals surface area contributed by atoms with Crippen molar-refractivity contribution >= 4 is 17.5 Å². The number of amides is 1. The first kappa shape index (κ1) is 15.6. The van der Waals surface area contributed by atoms with Crippen molar-refractivity contribution in [3.05, 3.63) is 86.0 Å². The molecule has 0 aromatic heterocycles. The van der Waals surface area contributed by atoms with Gasteiger partial charge in [-0.3, -0.25) is 0 Å². The van der Waals surface area contributed by atoms with Gasteiger partial charge in [0.1, 0.15) is 5.60 Å². The van der Waals surface area contributed by atoms with Gasteiger partial charge in [0.25, 0.3) is 0 Å². The Balaban J connectivity index is 2.39. The minimum Gasteiger partial charge on any atom is -0.434 e. The van der Waals surface area contributed by atoms with E-state index in [9.17, 15) is 4.79 Å². The third-order valence-electron chi connectivity index (χ3n) is 3.33. The minimum atomic E-state index is -0.918. The van der Waals surface area contributed by atoms with Gasteiger partial charge < -0.3 is 4.74 Å². The van der Waals surface area contributed by atoms with Crippen molar-refractivity contribution in [3.63, 3.8) is 0 Å². The fraction of sp³-hybridized carbons (Fsp3) is 0.105. The number of hydrogen-bond acceptors (Lipinski definition) is 2. The van der Waals surface area contributed by atoms with E-state index in [2.05, 4.69) is 13.2 Å². The maximum absolute atomic E-state index is 12.7. The van der Waals surface area contributed by atoms with Gasteiger partial charge in [-0.1, -0.05) is 49.6 Å². The van der Waals surface area contributed by atoms with Crippen molar-refractivity contribution in [2.24, 2.45) is 0 Å². The molecule has 0 saturated heterocycles. The molecule has 0 aliphatic rings. The van der Waals surface area contributed by atoms with Gasteiger partial charge in [-0.05, 0) is 43.3 Å². The largest absolute Gasteiger partial charge is 0.434 e. The molecule has 2 aromatic carbocycles. The number of ether oxygens (including phenoxy) is 1. The van der Waals surface area contributed by atoms with E-state index in [1.807, 2.05) is 60.7 Å². The topological polar surface area (TPSA) is 29.5 Å². The lowest BCUT2D eigenvalue weighted by Crippen LogP contribution is -2.35. The van der Waals surface area contributed by atoms with Gasteiger partial charge in [0.05, 0.1) is 11.4 Å². The molecule has 0 N–H and O–H groups in total. The smallest absolute Gasteiger partial charge is 0.420 e. The average molecular weight is 293 g/mol. The van der Waals surface area contributed by atoms with Crippen LogP contribution in [0.3, 0.4) is 0 Å². The van der Waals surface area contributed by atoms with Gasteiger partial charge in [-0.2, -0.15) is 0 Å². The monoisotopic (exact) mass is 293 g/mol. The van der Waals surface area contributed by atoms with Crippen LogP contribution in [0.15, 0.2) is 86.0 Å². The highest BCUT2D eigenvalue weighted by Gasteiger charge is 2.27. The summed E-state index contributed by atoms with van der Waals surface area (Å²) in [5.41, 5.74) is 0.544. The predicted octanol–water partition coefficient (Wildman–Crippen LogP) is 5.09. The van der Waals surface area contributed by atoms with E-state index in [-0.39, 0.29) is 0 Å². The number of hydrogen-bond donors (Lipinski definition) is 0. The van der Waals surface area contributed by atoms with Crippen LogP contribution < -0.4 is 4.90 Å². The zero-order valence-corrected chi connectivity index (χ0v) is 12.6. The van der Waals surface area contributed by atoms with Crippen LogP contribution in [0.5, 0.6) is 0 Å². The SMILES string of the molecule is C=CC(C)(C=C)OC(=O)N(c1ccccc1)c1ccccc1. The molecule has 3 heteroatoms. The minimum absolute atomic E-state index is 0.486. The molecule has 0 aliphatic carbocycles. The first-order valence-electron chi connectivity index (χ1n) is 7.00. The molecule has 0 heterocycles. The number of rotatable bonds is 5. The molecule has 0 fully saturated rings. The van der Waals surface area contributed by atoms with Crippen LogP contribution in [-0.2, 0) is 4.74 Å². The second kappa shape index (κ2) is 6.76. The van der Waals surface area contributed by atoms with Crippen molar-refractivity contribution in [2.75, 3.05) is 4.90 Å². The molecular formula is C19H19NO2. The van der Waals surface area contributed by atoms with Crippen molar-refractivity contribution in [1.82, 2.24) is 0 Å². The van der Waals surface area contributed by atoms with Crippen LogP contribution in [0.25, 0.3) is 0 Å². The highest BCUT2D eigenvalue weighted by molar-refractivity contribution is 5.96. The molecule has 0 bridgehead atoms. The maximum Gasteiger partial charge on any atom is 0.420 e. The third-order valence-corrected chi connectivity index (χ3v) is 3.33. The van der Waals surface area contributed by atoms with Gasteiger partial charge in [-0.15, -0.1) is 0 Å². The van der Waals surface area contributed by atoms with E-state index in [4.69, 9.17) is 4.74 Å². The van der Waals surface area contributed by atoms with Crippen LogP contribution in [0, 0.1) is 0 Å². The summed E-state index contributed by atoms with van der Waals surface area (Å²) in [6, 6.07) is 18.7. The van der Waals surface area contributed by atoms with Gasteiger partial charge in [0.2, 0.25) is 0 Å². The number of benzene rings is 2. The molecule has 22 heavy (non-hydrogen) atoms. The Morgan fingerprint density at radius 1 is 0.955 bits per heavy atom. The molecule has 3 nitrogen and oxygen atoms in total. The van der Waals surface area contributed by atoms with Crippen molar-refractivity contribution in [1.29, 1.82) is 0 Å². The van der Waals surface area contributed by atoms with E-state index in [1.54, 1.807) is 19.1 Å². The summed E-state index contributed by atoms with van der Waals surface area (Å²) in [6.07, 6.45) is 2.61. The Labute approximate surface area is 131 Å². The molecule has 0 spiro atoms. The van der Waals surface area contributed by atoms with Crippen LogP contribution in [0.2, 0.25) is 0 Å². The summed E-state index contributed by atoms with van der Waals surface area (Å²) in [4.78, 5) is 14.2. The van der Waals surface area contributed by atoms with Crippen molar-refractivity contribution < 1.29 is 9.53 Å². The Hall–Kier alpha value is -2.81. The number of carbonyl (C=O) groups is 1. The van der Waals surface area contributed by atoms with E-state index in [0.29, 0.717) is 0 Å². The van der Waals surface area contributed by atoms with Gasteiger partial charge in [0, 0.05) is 0 Å². The van der Waals surface area contributed by atoms with Crippen LogP contribution in [0.1, 0.15) is 6.92 Å². The predicted molar refractivity (Wildman–Crippen MR) is 90.3 cm³/mol. The fourth-order valence-corrected chi connectivity index (χ4v) is 1.91. The molecule has 1 amide bonds. The normalized spacial score (nSPS) is 10.6.